The number of piperazine rings is 1. The zero-order chi connectivity index (χ0) is 17.6. The third kappa shape index (κ3) is 3.51. The molecular formula is C17H23N3O4S. The number of sulfone groups is 1. The summed E-state index contributed by atoms with van der Waals surface area (Å²) in [6.07, 6.45) is 1.66. The van der Waals surface area contributed by atoms with Crippen molar-refractivity contribution in [3.63, 3.8) is 0 Å². The number of rotatable bonds is 4. The SMILES string of the molecule is Cc1ccc(CN2CCN(Cc3coc(C)n3)[C@H]3CS(=O)(=O)C[C@H]32)o1. The molecule has 4 heterocycles. The molecule has 7 nitrogen and oxygen atoms in total. The molecule has 2 aliphatic rings. The Kier molecular flexibility index (Phi) is 4.21. The predicted molar refractivity (Wildman–Crippen MR) is 91.7 cm³/mol. The van der Waals surface area contributed by atoms with Crippen LogP contribution in [-0.4, -0.2) is 59.9 Å². The number of fused-ring (bicyclic) bond motifs is 1. The number of aryl methyl sites for hydroxylation is 2. The van der Waals surface area contributed by atoms with E-state index in [2.05, 4.69) is 14.8 Å². The highest BCUT2D eigenvalue weighted by molar-refractivity contribution is 7.91. The minimum absolute atomic E-state index is 0.00264. The van der Waals surface area contributed by atoms with Crippen molar-refractivity contribution >= 4 is 9.84 Å². The first-order chi connectivity index (χ1) is 11.9. The van der Waals surface area contributed by atoms with Crippen LogP contribution in [0.4, 0.5) is 0 Å². The van der Waals surface area contributed by atoms with Crippen LogP contribution in [0.1, 0.15) is 23.1 Å². The number of hydrogen-bond acceptors (Lipinski definition) is 7. The Morgan fingerprint density at radius 2 is 1.80 bits per heavy atom. The summed E-state index contributed by atoms with van der Waals surface area (Å²) in [6, 6.07) is 3.91. The molecule has 2 saturated heterocycles. The molecule has 2 aromatic heterocycles. The van der Waals surface area contributed by atoms with Crippen LogP contribution in [0.3, 0.4) is 0 Å². The summed E-state index contributed by atoms with van der Waals surface area (Å²) in [5.41, 5.74) is 0.857. The summed E-state index contributed by atoms with van der Waals surface area (Å²) in [5, 5.41) is 0. The normalized spacial score (nSPS) is 26.8. The summed E-state index contributed by atoms with van der Waals surface area (Å²) in [4.78, 5) is 8.84. The number of oxazole rings is 1. The van der Waals surface area contributed by atoms with E-state index < -0.39 is 9.84 Å². The summed E-state index contributed by atoms with van der Waals surface area (Å²) in [5.74, 6) is 2.83. The van der Waals surface area contributed by atoms with Crippen LogP contribution in [0.15, 0.2) is 27.2 Å². The first kappa shape index (κ1) is 16.8. The van der Waals surface area contributed by atoms with E-state index in [9.17, 15) is 8.42 Å². The molecule has 0 unspecified atom stereocenters. The lowest BCUT2D eigenvalue weighted by molar-refractivity contribution is 0.0309. The van der Waals surface area contributed by atoms with Crippen LogP contribution in [-0.2, 0) is 22.9 Å². The second-order valence-electron chi connectivity index (χ2n) is 7.02. The topological polar surface area (TPSA) is 79.8 Å². The van der Waals surface area contributed by atoms with Crippen LogP contribution in [0.2, 0.25) is 0 Å². The molecule has 0 saturated carbocycles. The summed E-state index contributed by atoms with van der Waals surface area (Å²) in [6.45, 7) is 6.64. The molecule has 2 atom stereocenters. The van der Waals surface area contributed by atoms with Crippen LogP contribution in [0, 0.1) is 13.8 Å². The number of nitrogens with zero attached hydrogens (tertiary/aromatic N) is 3. The van der Waals surface area contributed by atoms with Crippen LogP contribution < -0.4 is 0 Å². The van der Waals surface area contributed by atoms with Gasteiger partial charge < -0.3 is 8.83 Å². The maximum Gasteiger partial charge on any atom is 0.191 e. The van der Waals surface area contributed by atoms with Gasteiger partial charge in [-0.25, -0.2) is 13.4 Å². The van der Waals surface area contributed by atoms with Gasteiger partial charge in [0.05, 0.1) is 23.7 Å². The van der Waals surface area contributed by atoms with E-state index in [1.54, 1.807) is 6.26 Å². The molecule has 0 bridgehead atoms. The number of aromatic nitrogens is 1. The highest BCUT2D eigenvalue weighted by atomic mass is 32.2. The molecule has 4 rings (SSSR count). The van der Waals surface area contributed by atoms with Gasteiger partial charge in [-0.05, 0) is 19.1 Å². The van der Waals surface area contributed by atoms with Crippen molar-refractivity contribution in [3.8, 4) is 0 Å². The van der Waals surface area contributed by atoms with Crippen molar-refractivity contribution in [2.24, 2.45) is 0 Å². The van der Waals surface area contributed by atoms with Crippen LogP contribution in [0.5, 0.6) is 0 Å². The van der Waals surface area contributed by atoms with Crippen molar-refractivity contribution < 1.29 is 17.3 Å². The Morgan fingerprint density at radius 1 is 1.12 bits per heavy atom. The maximum absolute atomic E-state index is 12.3. The van der Waals surface area contributed by atoms with E-state index in [-0.39, 0.29) is 23.6 Å². The molecule has 0 amide bonds. The molecular weight excluding hydrogens is 342 g/mol. The molecule has 0 spiro atoms. The monoisotopic (exact) mass is 365 g/mol. The first-order valence-electron chi connectivity index (χ1n) is 8.54. The van der Waals surface area contributed by atoms with E-state index in [1.807, 2.05) is 26.0 Å². The Labute approximate surface area is 147 Å². The Morgan fingerprint density at radius 3 is 2.36 bits per heavy atom. The van der Waals surface area contributed by atoms with Gasteiger partial charge in [0, 0.05) is 38.6 Å². The fourth-order valence-electron chi connectivity index (χ4n) is 3.95. The summed E-state index contributed by atoms with van der Waals surface area (Å²) < 4.78 is 35.5. The quantitative estimate of drug-likeness (QED) is 0.809. The van der Waals surface area contributed by atoms with Crippen LogP contribution >= 0.6 is 0 Å². The summed E-state index contributed by atoms with van der Waals surface area (Å²) >= 11 is 0. The van der Waals surface area contributed by atoms with E-state index in [1.165, 1.54) is 0 Å². The van der Waals surface area contributed by atoms with Crippen molar-refractivity contribution in [2.75, 3.05) is 24.6 Å². The highest BCUT2D eigenvalue weighted by Crippen LogP contribution is 2.29. The van der Waals surface area contributed by atoms with Gasteiger partial charge in [-0.3, -0.25) is 9.80 Å². The molecule has 2 fully saturated rings. The fraction of sp³-hybridized carbons (Fsp3) is 0.588. The third-order valence-electron chi connectivity index (χ3n) is 5.09. The molecule has 8 heteroatoms. The summed E-state index contributed by atoms with van der Waals surface area (Å²) in [7, 11) is -3.03. The average Bonchev–Trinajstić information content (AvgIpc) is 3.21. The standard InChI is InChI=1S/C17H23N3O4S/c1-12-3-4-15(24-12)8-20-6-5-19(7-14-9-23-13(2)18-14)16-10-25(21,22)11-17(16)20/h3-4,9,16-17H,5-8,10-11H2,1-2H3/t16-,17+/m0/s1. The number of hydrogen-bond donors (Lipinski definition) is 0. The van der Waals surface area contributed by atoms with Gasteiger partial charge >= 0.3 is 0 Å². The van der Waals surface area contributed by atoms with Crippen molar-refractivity contribution in [3.05, 3.63) is 41.5 Å². The molecule has 136 valence electrons. The molecule has 2 aromatic rings. The molecule has 25 heavy (non-hydrogen) atoms. The lowest BCUT2D eigenvalue weighted by atomic mass is 10.0. The second-order valence-corrected chi connectivity index (χ2v) is 9.18. The third-order valence-corrected chi connectivity index (χ3v) is 6.79. The molecule has 0 aromatic carbocycles. The Hall–Kier alpha value is -1.64. The predicted octanol–water partition coefficient (Wildman–Crippen LogP) is 1.37. The molecule has 0 N–H and O–H groups in total. The minimum Gasteiger partial charge on any atom is -0.465 e. The highest BCUT2D eigenvalue weighted by Gasteiger charge is 2.46. The smallest absolute Gasteiger partial charge is 0.191 e. The van der Waals surface area contributed by atoms with Gasteiger partial charge in [-0.2, -0.15) is 0 Å². The van der Waals surface area contributed by atoms with Gasteiger partial charge in [-0.1, -0.05) is 0 Å². The van der Waals surface area contributed by atoms with Gasteiger partial charge in [0.25, 0.3) is 0 Å². The first-order valence-corrected chi connectivity index (χ1v) is 10.4. The van der Waals surface area contributed by atoms with Gasteiger partial charge in [0.15, 0.2) is 15.7 Å². The number of furan rings is 1. The zero-order valence-electron chi connectivity index (χ0n) is 14.5. The van der Waals surface area contributed by atoms with E-state index in [0.717, 1.165) is 30.3 Å². The van der Waals surface area contributed by atoms with Crippen molar-refractivity contribution in [1.29, 1.82) is 0 Å². The van der Waals surface area contributed by atoms with E-state index in [0.29, 0.717) is 19.0 Å². The van der Waals surface area contributed by atoms with Crippen LogP contribution in [0.25, 0.3) is 0 Å². The van der Waals surface area contributed by atoms with Crippen molar-refractivity contribution in [1.82, 2.24) is 14.8 Å². The Balaban J connectivity index is 1.53. The largest absolute Gasteiger partial charge is 0.465 e. The maximum atomic E-state index is 12.3. The fourth-order valence-corrected chi connectivity index (χ4v) is 5.99. The zero-order valence-corrected chi connectivity index (χ0v) is 15.3. The Bertz CT molecular complexity index is 793. The van der Waals surface area contributed by atoms with E-state index in [4.69, 9.17) is 8.83 Å². The van der Waals surface area contributed by atoms with Gasteiger partial charge in [0.2, 0.25) is 0 Å². The molecule has 0 aliphatic carbocycles. The minimum atomic E-state index is -3.03. The average molecular weight is 365 g/mol. The second kappa shape index (κ2) is 6.26. The van der Waals surface area contributed by atoms with Gasteiger partial charge in [0.1, 0.15) is 17.8 Å². The van der Waals surface area contributed by atoms with Gasteiger partial charge in [-0.15, -0.1) is 0 Å². The molecule has 0 radical (unpaired) electrons. The van der Waals surface area contributed by atoms with E-state index >= 15 is 0 Å². The lowest BCUT2D eigenvalue weighted by Gasteiger charge is -2.43. The lowest BCUT2D eigenvalue weighted by Crippen LogP contribution is -2.58. The molecule has 2 aliphatic heterocycles. The van der Waals surface area contributed by atoms with Crippen molar-refractivity contribution in [2.45, 2.75) is 39.0 Å².